The molecule has 0 radical (unpaired) electrons. The molecule has 1 aromatic rings. The molecule has 0 saturated carbocycles. The molecule has 1 aromatic carbocycles. The van der Waals surface area contributed by atoms with Crippen LogP contribution in [0.1, 0.15) is 41.5 Å². The van der Waals surface area contributed by atoms with Gasteiger partial charge in [0.05, 0.1) is 0 Å². The Labute approximate surface area is 137 Å². The van der Waals surface area contributed by atoms with Crippen molar-refractivity contribution in [1.29, 1.82) is 0 Å². The van der Waals surface area contributed by atoms with Gasteiger partial charge in [-0.1, -0.05) is 12.1 Å². The molecule has 0 unspecified atom stereocenters. The van der Waals surface area contributed by atoms with Gasteiger partial charge in [-0.05, 0) is 12.1 Å². The molecule has 0 aliphatic rings. The maximum atomic E-state index is 3.42. The molecule has 0 bridgehead atoms. The van der Waals surface area contributed by atoms with Gasteiger partial charge in [0.25, 0.3) is 0 Å². The van der Waals surface area contributed by atoms with Crippen LogP contribution in [0.2, 0.25) is 0 Å². The number of rotatable bonds is 1. The van der Waals surface area contributed by atoms with E-state index in [1.165, 1.54) is 17.5 Å². The second-order valence-corrected chi connectivity index (χ2v) is 6.02. The standard InChI is InChI=1S/C8H11NP.2C4H9.Pd/c1-9(2)7-3-5-8(10)6-4-7;2*1-4(2)3;/h3-6,10H,1-2H3;2*1-3H3;/q3*-1;. The van der Waals surface area contributed by atoms with Crippen molar-refractivity contribution < 1.29 is 20.4 Å². The Morgan fingerprint density at radius 3 is 1.26 bits per heavy atom. The molecule has 0 fully saturated rings. The van der Waals surface area contributed by atoms with E-state index >= 15 is 0 Å². The zero-order chi connectivity index (χ0) is 14.7. The number of nitrogens with zero attached hydrogens (tertiary/aromatic N) is 1. The molecule has 0 atom stereocenters. The van der Waals surface area contributed by atoms with Crippen molar-refractivity contribution in [3.63, 3.8) is 0 Å². The summed E-state index contributed by atoms with van der Waals surface area (Å²) >= 11 is 0. The second-order valence-electron chi connectivity index (χ2n) is 5.44. The van der Waals surface area contributed by atoms with E-state index in [1.807, 2.05) is 26.2 Å². The Bertz CT molecular complexity index is 270. The summed E-state index contributed by atoms with van der Waals surface area (Å²) in [6.07, 6.45) is 0. The Morgan fingerprint density at radius 2 is 1.05 bits per heavy atom. The fraction of sp³-hybridized carbons (Fsp3) is 0.500. The van der Waals surface area contributed by atoms with Crippen LogP contribution in [0.15, 0.2) is 24.3 Å². The summed E-state index contributed by atoms with van der Waals surface area (Å²) in [5, 5.41) is 1.12. The van der Waals surface area contributed by atoms with E-state index < -0.39 is 0 Å². The van der Waals surface area contributed by atoms with E-state index in [9.17, 15) is 0 Å². The summed E-state index contributed by atoms with van der Waals surface area (Å²) in [4.78, 5) is 2.08. The molecule has 3 heteroatoms. The number of benzene rings is 1. The molecule has 0 spiro atoms. The fourth-order valence-electron chi connectivity index (χ4n) is 0.760. The van der Waals surface area contributed by atoms with Gasteiger partial charge in [-0.2, -0.15) is 41.5 Å². The molecule has 0 aliphatic carbocycles. The predicted molar refractivity (Wildman–Crippen MR) is 89.2 cm³/mol. The Morgan fingerprint density at radius 1 is 0.789 bits per heavy atom. The zero-order valence-corrected chi connectivity index (χ0v) is 16.1. The summed E-state index contributed by atoms with van der Waals surface area (Å²) < 4.78 is 0. The van der Waals surface area contributed by atoms with Crippen molar-refractivity contribution in [3.8, 4) is 0 Å². The van der Waals surface area contributed by atoms with Crippen molar-refractivity contribution in [2.75, 3.05) is 19.0 Å². The summed E-state index contributed by atoms with van der Waals surface area (Å²) in [5.41, 5.74) is 1.22. The van der Waals surface area contributed by atoms with Gasteiger partial charge in [-0.3, -0.25) is 0 Å². The van der Waals surface area contributed by atoms with Crippen LogP contribution in [0.3, 0.4) is 0 Å². The summed E-state index contributed by atoms with van der Waals surface area (Å²) in [5.74, 6) is 2.83. The van der Waals surface area contributed by atoms with Gasteiger partial charge < -0.3 is 26.0 Å². The number of anilines is 1. The molecule has 0 aliphatic heterocycles. The van der Waals surface area contributed by atoms with E-state index in [1.54, 1.807) is 0 Å². The third-order valence-corrected chi connectivity index (χ3v) is 1.72. The molecule has 116 valence electrons. The molecule has 0 N–H and O–H groups in total. The minimum atomic E-state index is 0. The van der Waals surface area contributed by atoms with E-state index in [-0.39, 0.29) is 20.4 Å². The van der Waals surface area contributed by atoms with E-state index in [2.05, 4.69) is 67.8 Å². The minimum Gasteiger partial charge on any atom is -0.525 e. The van der Waals surface area contributed by atoms with Crippen molar-refractivity contribution in [3.05, 3.63) is 36.1 Å². The van der Waals surface area contributed by atoms with Crippen LogP contribution in [0.4, 0.5) is 5.69 Å². The van der Waals surface area contributed by atoms with Crippen LogP contribution in [0.25, 0.3) is 0 Å². The molecule has 1 nitrogen and oxygen atoms in total. The first-order valence-corrected chi connectivity index (χ1v) is 6.69. The second kappa shape index (κ2) is 14.5. The number of hydrogen-bond donors (Lipinski definition) is 0. The molecular formula is C16H29NPPd-3. The van der Waals surface area contributed by atoms with Gasteiger partial charge in [0.2, 0.25) is 0 Å². The Kier molecular flexibility index (Phi) is 18.5. The first-order valence-electron chi connectivity index (χ1n) is 6.19. The van der Waals surface area contributed by atoms with Gasteiger partial charge >= 0.3 is 0 Å². The van der Waals surface area contributed by atoms with Crippen LogP contribution in [-0.2, 0) is 20.4 Å². The zero-order valence-electron chi connectivity index (χ0n) is 13.6. The van der Waals surface area contributed by atoms with Crippen LogP contribution in [0, 0.1) is 11.8 Å². The van der Waals surface area contributed by atoms with Crippen molar-refractivity contribution in [2.45, 2.75) is 41.5 Å². The predicted octanol–water partition coefficient (Wildman–Crippen LogP) is 4.76. The summed E-state index contributed by atoms with van der Waals surface area (Å²) in [7, 11) is 7.48. The Hall–Kier alpha value is 0.112. The van der Waals surface area contributed by atoms with Crippen LogP contribution >= 0.6 is 9.24 Å². The average Bonchev–Trinajstić information content (AvgIpc) is 2.16. The topological polar surface area (TPSA) is 3.24 Å². The van der Waals surface area contributed by atoms with E-state index in [0.717, 1.165) is 5.30 Å². The van der Waals surface area contributed by atoms with Crippen molar-refractivity contribution >= 4 is 20.2 Å². The minimum absolute atomic E-state index is 0. The van der Waals surface area contributed by atoms with Crippen molar-refractivity contribution in [1.82, 2.24) is 0 Å². The normalized spacial score (nSPS) is 8.79. The van der Waals surface area contributed by atoms with Gasteiger partial charge in [0.15, 0.2) is 0 Å². The van der Waals surface area contributed by atoms with Gasteiger partial charge in [-0.25, -0.2) is 5.30 Å². The average molecular weight is 373 g/mol. The van der Waals surface area contributed by atoms with Crippen LogP contribution in [0.5, 0.6) is 0 Å². The van der Waals surface area contributed by atoms with E-state index in [0.29, 0.717) is 0 Å². The van der Waals surface area contributed by atoms with Crippen molar-refractivity contribution in [2.24, 2.45) is 0 Å². The van der Waals surface area contributed by atoms with Crippen LogP contribution < -0.4 is 10.2 Å². The van der Waals surface area contributed by atoms with Crippen LogP contribution in [-0.4, -0.2) is 14.1 Å². The molecule has 0 saturated heterocycles. The number of hydrogen-bond acceptors (Lipinski definition) is 1. The third kappa shape index (κ3) is 23.6. The maximum Gasteiger partial charge on any atom is 0.0359 e. The Balaban J connectivity index is -0.000000242. The first kappa shape index (κ1) is 24.2. The smallest absolute Gasteiger partial charge is 0.0359 e. The van der Waals surface area contributed by atoms with Gasteiger partial charge in [0.1, 0.15) is 0 Å². The molecule has 1 rings (SSSR count). The fourth-order valence-corrected chi connectivity index (χ4v) is 0.926. The molecule has 0 amide bonds. The SMILES string of the molecule is CN(C)c1ccc([PH-])cc1.C[C-](C)C.C[C-](C)C.[Pd]. The summed E-state index contributed by atoms with van der Waals surface area (Å²) in [6, 6.07) is 8.21. The van der Waals surface area contributed by atoms with Gasteiger partial charge in [0, 0.05) is 40.2 Å². The molecule has 19 heavy (non-hydrogen) atoms. The van der Waals surface area contributed by atoms with Gasteiger partial charge in [-0.15, -0.1) is 0 Å². The molecule has 0 aromatic heterocycles. The summed E-state index contributed by atoms with van der Waals surface area (Å²) in [6.45, 7) is 12.5. The third-order valence-electron chi connectivity index (χ3n) is 1.38. The quantitative estimate of drug-likeness (QED) is 0.390. The monoisotopic (exact) mass is 372 g/mol. The largest absolute Gasteiger partial charge is 0.525 e. The first-order chi connectivity index (χ1) is 8.16. The molecule has 0 heterocycles. The van der Waals surface area contributed by atoms with E-state index in [4.69, 9.17) is 0 Å². The molecular weight excluding hydrogens is 344 g/mol. The maximum absolute atomic E-state index is 3.42.